The molecule has 0 aliphatic heterocycles. The Morgan fingerprint density at radius 1 is 1.00 bits per heavy atom. The van der Waals surface area contributed by atoms with E-state index in [0.717, 1.165) is 31.3 Å². The third-order valence-electron chi connectivity index (χ3n) is 3.29. The van der Waals surface area contributed by atoms with Gasteiger partial charge >= 0.3 is 0 Å². The highest BCUT2D eigenvalue weighted by atomic mass is 127. The van der Waals surface area contributed by atoms with Crippen LogP contribution >= 0.6 is 22.6 Å². The normalized spacial score (nSPS) is 10.8. The third kappa shape index (κ3) is 2.08. The molecule has 2 aromatic carbocycles. The van der Waals surface area contributed by atoms with Crippen LogP contribution in [0.15, 0.2) is 53.3 Å². The summed E-state index contributed by atoms with van der Waals surface area (Å²) in [6.07, 6.45) is 0. The Bertz CT molecular complexity index is 806. The second-order valence-electron chi connectivity index (χ2n) is 4.48. The Labute approximate surface area is 124 Å². The molecule has 1 N–H and O–H groups in total. The Morgan fingerprint density at radius 3 is 2.47 bits per heavy atom. The molecule has 3 heteroatoms. The number of rotatable bonds is 1. The highest BCUT2D eigenvalue weighted by Gasteiger charge is 2.10. The topological polar surface area (TPSA) is 32.9 Å². The summed E-state index contributed by atoms with van der Waals surface area (Å²) >= 11 is 2.25. The van der Waals surface area contributed by atoms with E-state index in [1.54, 1.807) is 0 Å². The van der Waals surface area contributed by atoms with Gasteiger partial charge in [-0.15, -0.1) is 0 Å². The quantitative estimate of drug-likeness (QED) is 0.651. The maximum absolute atomic E-state index is 12.5. The number of fused-ring (bicyclic) bond motifs is 1. The lowest BCUT2D eigenvalue weighted by molar-refractivity contribution is 1.29. The van der Waals surface area contributed by atoms with Gasteiger partial charge in [0.25, 0.3) is 0 Å². The smallest absolute Gasteiger partial charge is 0.192 e. The minimum atomic E-state index is 0.103. The Balaban J connectivity index is 2.42. The van der Waals surface area contributed by atoms with Crippen LogP contribution in [0.2, 0.25) is 0 Å². The van der Waals surface area contributed by atoms with Crippen molar-refractivity contribution in [2.45, 2.75) is 6.92 Å². The van der Waals surface area contributed by atoms with E-state index in [-0.39, 0.29) is 5.43 Å². The number of benzene rings is 2. The van der Waals surface area contributed by atoms with Crippen LogP contribution in [0.1, 0.15) is 5.56 Å². The fourth-order valence-corrected chi connectivity index (χ4v) is 2.90. The molecule has 0 spiro atoms. The van der Waals surface area contributed by atoms with Crippen LogP contribution in [-0.2, 0) is 0 Å². The van der Waals surface area contributed by atoms with Crippen molar-refractivity contribution in [1.29, 1.82) is 0 Å². The van der Waals surface area contributed by atoms with E-state index in [9.17, 15) is 4.79 Å². The van der Waals surface area contributed by atoms with Gasteiger partial charge in [-0.05, 0) is 47.2 Å². The molecule has 1 aromatic heterocycles. The predicted octanol–water partition coefficient (Wildman–Crippen LogP) is 4.11. The second-order valence-corrected chi connectivity index (χ2v) is 5.64. The van der Waals surface area contributed by atoms with E-state index in [1.807, 2.05) is 55.5 Å². The molecule has 3 rings (SSSR count). The standard InChI is InChI=1S/C16H12INO/c1-10-14(11-6-3-2-4-7-11)18-15-12(16(10)19)8-5-9-13(15)17/h2-9H,1H3,(H,18,19). The van der Waals surface area contributed by atoms with Gasteiger partial charge in [0.15, 0.2) is 5.43 Å². The maximum Gasteiger partial charge on any atom is 0.192 e. The minimum absolute atomic E-state index is 0.103. The minimum Gasteiger partial charge on any atom is -0.353 e. The molecule has 2 nitrogen and oxygen atoms in total. The lowest BCUT2D eigenvalue weighted by atomic mass is 10.0. The van der Waals surface area contributed by atoms with Gasteiger partial charge in [0.1, 0.15) is 0 Å². The lowest BCUT2D eigenvalue weighted by Gasteiger charge is -2.09. The molecule has 0 aliphatic rings. The molecule has 0 bridgehead atoms. The van der Waals surface area contributed by atoms with E-state index in [4.69, 9.17) is 0 Å². The van der Waals surface area contributed by atoms with E-state index >= 15 is 0 Å². The van der Waals surface area contributed by atoms with Gasteiger partial charge in [-0.3, -0.25) is 4.79 Å². The molecular weight excluding hydrogens is 349 g/mol. The number of H-pyrrole nitrogens is 1. The first-order chi connectivity index (χ1) is 9.18. The molecule has 94 valence electrons. The van der Waals surface area contributed by atoms with Gasteiger partial charge in [0.2, 0.25) is 0 Å². The van der Waals surface area contributed by atoms with Crippen molar-refractivity contribution in [3.8, 4) is 11.3 Å². The Kier molecular flexibility index (Phi) is 3.14. The predicted molar refractivity (Wildman–Crippen MR) is 87.5 cm³/mol. The molecule has 0 amide bonds. The molecule has 0 unspecified atom stereocenters. The number of pyridine rings is 1. The first-order valence-corrected chi connectivity index (χ1v) is 7.13. The molecule has 0 saturated carbocycles. The fourth-order valence-electron chi connectivity index (χ4n) is 2.27. The van der Waals surface area contributed by atoms with E-state index < -0.39 is 0 Å². The average Bonchev–Trinajstić information content (AvgIpc) is 2.44. The van der Waals surface area contributed by atoms with Crippen molar-refractivity contribution < 1.29 is 0 Å². The van der Waals surface area contributed by atoms with Crippen molar-refractivity contribution in [3.63, 3.8) is 0 Å². The van der Waals surface area contributed by atoms with Crippen LogP contribution in [0.25, 0.3) is 22.2 Å². The summed E-state index contributed by atoms with van der Waals surface area (Å²) < 4.78 is 1.06. The fraction of sp³-hybridized carbons (Fsp3) is 0.0625. The molecule has 19 heavy (non-hydrogen) atoms. The van der Waals surface area contributed by atoms with Crippen LogP contribution in [-0.4, -0.2) is 4.98 Å². The number of hydrogen-bond donors (Lipinski definition) is 1. The summed E-state index contributed by atoms with van der Waals surface area (Å²) in [7, 11) is 0. The van der Waals surface area contributed by atoms with Crippen LogP contribution in [0.3, 0.4) is 0 Å². The highest BCUT2D eigenvalue weighted by molar-refractivity contribution is 14.1. The summed E-state index contributed by atoms with van der Waals surface area (Å²) in [5.74, 6) is 0. The number of aromatic amines is 1. The molecule has 0 aliphatic carbocycles. The molecular formula is C16H12INO. The number of nitrogens with one attached hydrogen (secondary N) is 1. The second kappa shape index (κ2) is 4.81. The Morgan fingerprint density at radius 2 is 1.74 bits per heavy atom. The summed E-state index contributed by atoms with van der Waals surface area (Å²) in [6.45, 7) is 1.88. The number of para-hydroxylation sites is 1. The number of aromatic nitrogens is 1. The molecule has 0 atom stereocenters. The van der Waals surface area contributed by atoms with E-state index in [0.29, 0.717) is 0 Å². The molecule has 0 radical (unpaired) electrons. The van der Waals surface area contributed by atoms with Crippen molar-refractivity contribution in [1.82, 2.24) is 4.98 Å². The summed E-state index contributed by atoms with van der Waals surface area (Å²) in [6, 6.07) is 15.8. The summed E-state index contributed by atoms with van der Waals surface area (Å²) in [5.41, 5.74) is 3.73. The SMILES string of the molecule is Cc1c(-c2ccccc2)[nH]c2c(I)cccc2c1=O. The van der Waals surface area contributed by atoms with Crippen molar-refractivity contribution in [2.24, 2.45) is 0 Å². The third-order valence-corrected chi connectivity index (χ3v) is 4.19. The largest absolute Gasteiger partial charge is 0.353 e. The molecule has 0 fully saturated rings. The van der Waals surface area contributed by atoms with Gasteiger partial charge in [-0.2, -0.15) is 0 Å². The zero-order valence-electron chi connectivity index (χ0n) is 10.4. The van der Waals surface area contributed by atoms with Crippen LogP contribution in [0, 0.1) is 10.5 Å². The number of halogens is 1. The summed E-state index contributed by atoms with van der Waals surface area (Å²) in [4.78, 5) is 15.9. The zero-order chi connectivity index (χ0) is 13.4. The zero-order valence-corrected chi connectivity index (χ0v) is 12.6. The van der Waals surface area contributed by atoms with Gasteiger partial charge < -0.3 is 4.98 Å². The van der Waals surface area contributed by atoms with Crippen LogP contribution in [0.5, 0.6) is 0 Å². The van der Waals surface area contributed by atoms with E-state index in [1.165, 1.54) is 0 Å². The summed E-state index contributed by atoms with van der Waals surface area (Å²) in [5, 5.41) is 0.754. The first kappa shape index (κ1) is 12.4. The van der Waals surface area contributed by atoms with Crippen molar-refractivity contribution in [3.05, 3.63) is 67.9 Å². The monoisotopic (exact) mass is 361 g/mol. The van der Waals surface area contributed by atoms with Crippen LogP contribution < -0.4 is 5.43 Å². The number of hydrogen-bond acceptors (Lipinski definition) is 1. The molecule has 0 saturated heterocycles. The maximum atomic E-state index is 12.5. The lowest BCUT2D eigenvalue weighted by Crippen LogP contribution is -2.10. The van der Waals surface area contributed by atoms with Gasteiger partial charge in [-0.25, -0.2) is 0 Å². The highest BCUT2D eigenvalue weighted by Crippen LogP contribution is 2.24. The van der Waals surface area contributed by atoms with Crippen LogP contribution in [0.4, 0.5) is 0 Å². The van der Waals surface area contributed by atoms with Gasteiger partial charge in [-0.1, -0.05) is 36.4 Å². The van der Waals surface area contributed by atoms with Gasteiger partial charge in [0.05, 0.1) is 11.2 Å². The van der Waals surface area contributed by atoms with Crippen molar-refractivity contribution in [2.75, 3.05) is 0 Å². The van der Waals surface area contributed by atoms with Gasteiger partial charge in [0, 0.05) is 14.5 Å². The molecule has 3 aromatic rings. The Hall–Kier alpha value is -1.62. The average molecular weight is 361 g/mol. The van der Waals surface area contributed by atoms with Crippen molar-refractivity contribution >= 4 is 33.5 Å². The molecule has 1 heterocycles. The first-order valence-electron chi connectivity index (χ1n) is 6.05. The van der Waals surface area contributed by atoms with E-state index in [2.05, 4.69) is 27.6 Å².